The van der Waals surface area contributed by atoms with Crippen LogP contribution < -0.4 is 0 Å². The Morgan fingerprint density at radius 1 is 1.12 bits per heavy atom. The molecular formula is C25H26ClN5OS. The van der Waals surface area contributed by atoms with E-state index in [1.807, 2.05) is 47.0 Å². The molecule has 1 amide bonds. The fraction of sp³-hybridized carbons (Fsp3) is 0.360. The lowest BCUT2D eigenvalue weighted by molar-refractivity contribution is -0.131. The third-order valence-corrected chi connectivity index (χ3v) is 7.44. The summed E-state index contributed by atoms with van der Waals surface area (Å²) in [4.78, 5) is 14.7. The van der Waals surface area contributed by atoms with E-state index < -0.39 is 5.54 Å². The zero-order valence-electron chi connectivity index (χ0n) is 18.6. The summed E-state index contributed by atoms with van der Waals surface area (Å²) in [5, 5.41) is 20.0. The van der Waals surface area contributed by atoms with E-state index in [0.29, 0.717) is 16.7 Å². The van der Waals surface area contributed by atoms with Gasteiger partial charge in [0, 0.05) is 17.6 Å². The fourth-order valence-corrected chi connectivity index (χ4v) is 5.21. The molecule has 1 aliphatic rings. The minimum absolute atomic E-state index is 0.0641. The number of rotatable bonds is 7. The van der Waals surface area contributed by atoms with Crippen LogP contribution in [-0.2, 0) is 11.3 Å². The van der Waals surface area contributed by atoms with E-state index >= 15 is 0 Å². The molecule has 0 spiro atoms. The standard InChI is InChI=1S/C25H26ClN5OS/c1-30(25(18-27)14-6-3-7-15-25)22(32)17-33-24-29-28-23(20-10-12-21(26)13-11-20)31(24)16-19-8-4-2-5-9-19/h2,4-5,8-13H,3,6-7,14-17H2,1H3. The van der Waals surface area contributed by atoms with Crippen molar-refractivity contribution in [3.8, 4) is 17.5 Å². The van der Waals surface area contributed by atoms with Gasteiger partial charge in [0.05, 0.1) is 18.4 Å². The van der Waals surface area contributed by atoms with E-state index in [0.717, 1.165) is 49.1 Å². The number of carbonyl (C=O) groups excluding carboxylic acids is 1. The summed E-state index contributed by atoms with van der Waals surface area (Å²) in [6.07, 6.45) is 4.56. The van der Waals surface area contributed by atoms with Crippen molar-refractivity contribution in [1.82, 2.24) is 19.7 Å². The Morgan fingerprint density at radius 3 is 2.48 bits per heavy atom. The van der Waals surface area contributed by atoms with E-state index in [-0.39, 0.29) is 11.7 Å². The number of carbonyl (C=O) groups is 1. The van der Waals surface area contributed by atoms with Crippen molar-refractivity contribution in [2.75, 3.05) is 12.8 Å². The van der Waals surface area contributed by atoms with Gasteiger partial charge in [-0.05, 0) is 42.7 Å². The highest BCUT2D eigenvalue weighted by Gasteiger charge is 2.38. The molecule has 0 radical (unpaired) electrons. The number of aromatic nitrogens is 3. The molecule has 1 fully saturated rings. The second kappa shape index (κ2) is 10.4. The van der Waals surface area contributed by atoms with Gasteiger partial charge in [0.1, 0.15) is 5.54 Å². The number of nitrogens with zero attached hydrogens (tertiary/aromatic N) is 5. The van der Waals surface area contributed by atoms with E-state index in [2.05, 4.69) is 28.4 Å². The van der Waals surface area contributed by atoms with Gasteiger partial charge in [0.25, 0.3) is 0 Å². The maximum Gasteiger partial charge on any atom is 0.234 e. The first-order valence-corrected chi connectivity index (χ1v) is 12.4. The van der Waals surface area contributed by atoms with Crippen LogP contribution in [0.1, 0.15) is 37.7 Å². The second-order valence-electron chi connectivity index (χ2n) is 8.33. The molecule has 0 bridgehead atoms. The summed E-state index contributed by atoms with van der Waals surface area (Å²) in [7, 11) is 1.76. The largest absolute Gasteiger partial charge is 0.326 e. The molecular weight excluding hydrogens is 454 g/mol. The molecule has 6 nitrogen and oxygen atoms in total. The molecule has 1 aliphatic carbocycles. The molecule has 8 heteroatoms. The lowest BCUT2D eigenvalue weighted by Crippen LogP contribution is -2.50. The van der Waals surface area contributed by atoms with E-state index in [1.54, 1.807) is 11.9 Å². The molecule has 0 atom stereocenters. The molecule has 4 rings (SSSR count). The number of thioether (sulfide) groups is 1. The fourth-order valence-electron chi connectivity index (χ4n) is 4.24. The summed E-state index contributed by atoms with van der Waals surface area (Å²) in [6, 6.07) is 20.0. The van der Waals surface area contributed by atoms with Crippen LogP contribution in [0, 0.1) is 11.3 Å². The quantitative estimate of drug-likeness (QED) is 0.423. The van der Waals surface area contributed by atoms with Crippen molar-refractivity contribution in [2.45, 2.75) is 49.3 Å². The van der Waals surface area contributed by atoms with Crippen molar-refractivity contribution in [3.05, 3.63) is 65.2 Å². The van der Waals surface area contributed by atoms with E-state index in [1.165, 1.54) is 11.8 Å². The highest BCUT2D eigenvalue weighted by atomic mass is 35.5. The Kier molecular flexibility index (Phi) is 7.36. The highest BCUT2D eigenvalue weighted by molar-refractivity contribution is 7.99. The third kappa shape index (κ3) is 5.23. The molecule has 0 aliphatic heterocycles. The van der Waals surface area contributed by atoms with Crippen molar-refractivity contribution < 1.29 is 4.79 Å². The molecule has 3 aromatic rings. The van der Waals surface area contributed by atoms with Gasteiger partial charge in [-0.15, -0.1) is 10.2 Å². The number of amides is 1. The Hall–Kier alpha value is -2.82. The minimum atomic E-state index is -0.692. The van der Waals surface area contributed by atoms with Crippen LogP contribution in [0.25, 0.3) is 11.4 Å². The van der Waals surface area contributed by atoms with Crippen molar-refractivity contribution >= 4 is 29.3 Å². The second-order valence-corrected chi connectivity index (χ2v) is 9.71. The summed E-state index contributed by atoms with van der Waals surface area (Å²) < 4.78 is 2.02. The summed E-state index contributed by atoms with van der Waals surface area (Å²) >= 11 is 7.42. The molecule has 170 valence electrons. The highest BCUT2D eigenvalue weighted by Crippen LogP contribution is 2.33. The first-order valence-electron chi connectivity index (χ1n) is 11.1. The average molecular weight is 480 g/mol. The number of benzene rings is 2. The summed E-state index contributed by atoms with van der Waals surface area (Å²) in [6.45, 7) is 0.584. The van der Waals surface area contributed by atoms with Crippen LogP contribution >= 0.6 is 23.4 Å². The molecule has 0 N–H and O–H groups in total. The normalized spacial score (nSPS) is 15.1. The first-order chi connectivity index (χ1) is 16.0. The molecule has 1 heterocycles. The van der Waals surface area contributed by atoms with E-state index in [9.17, 15) is 10.1 Å². The Bertz CT molecular complexity index is 1130. The molecule has 1 saturated carbocycles. The van der Waals surface area contributed by atoms with Gasteiger partial charge in [-0.3, -0.25) is 9.36 Å². The molecule has 33 heavy (non-hydrogen) atoms. The van der Waals surface area contributed by atoms with Gasteiger partial charge in [0.15, 0.2) is 11.0 Å². The maximum absolute atomic E-state index is 13.0. The summed E-state index contributed by atoms with van der Waals surface area (Å²) in [5.74, 6) is 0.860. The summed E-state index contributed by atoms with van der Waals surface area (Å²) in [5.41, 5.74) is 1.33. The van der Waals surface area contributed by atoms with Gasteiger partial charge >= 0.3 is 0 Å². The predicted octanol–water partition coefficient (Wildman–Crippen LogP) is 5.42. The van der Waals surface area contributed by atoms with Crippen LogP contribution in [0.4, 0.5) is 0 Å². The topological polar surface area (TPSA) is 74.8 Å². The van der Waals surface area contributed by atoms with Crippen molar-refractivity contribution in [1.29, 1.82) is 5.26 Å². The number of halogens is 1. The molecule has 2 aromatic carbocycles. The van der Waals surface area contributed by atoms with E-state index in [4.69, 9.17) is 11.6 Å². The van der Waals surface area contributed by atoms with Gasteiger partial charge in [-0.1, -0.05) is 73.0 Å². The van der Waals surface area contributed by atoms with Crippen LogP contribution in [0.2, 0.25) is 5.02 Å². The van der Waals surface area contributed by atoms with Crippen molar-refractivity contribution in [2.24, 2.45) is 0 Å². The van der Waals surface area contributed by atoms with Gasteiger partial charge in [-0.25, -0.2) is 0 Å². The monoisotopic (exact) mass is 479 g/mol. The molecule has 1 aromatic heterocycles. The SMILES string of the molecule is CN(C(=O)CSc1nnc(-c2ccc(Cl)cc2)n1Cc1ccccc1)C1(C#N)CCCCC1. The van der Waals surface area contributed by atoms with Gasteiger partial charge in [0.2, 0.25) is 5.91 Å². The van der Waals surface area contributed by atoms with Gasteiger partial charge < -0.3 is 4.90 Å². The predicted molar refractivity (Wildman–Crippen MR) is 131 cm³/mol. The zero-order chi connectivity index (χ0) is 23.3. The Morgan fingerprint density at radius 2 is 1.82 bits per heavy atom. The van der Waals surface area contributed by atoms with Crippen LogP contribution in [0.5, 0.6) is 0 Å². The van der Waals surface area contributed by atoms with Gasteiger partial charge in [-0.2, -0.15) is 5.26 Å². The Labute approximate surface area is 203 Å². The average Bonchev–Trinajstić information content (AvgIpc) is 3.25. The van der Waals surface area contributed by atoms with Crippen LogP contribution in [-0.4, -0.2) is 43.9 Å². The minimum Gasteiger partial charge on any atom is -0.326 e. The zero-order valence-corrected chi connectivity index (χ0v) is 20.1. The number of hydrogen-bond donors (Lipinski definition) is 0. The maximum atomic E-state index is 13.0. The van der Waals surface area contributed by atoms with Crippen molar-refractivity contribution in [3.63, 3.8) is 0 Å². The molecule has 0 saturated heterocycles. The van der Waals surface area contributed by atoms with Crippen LogP contribution in [0.3, 0.4) is 0 Å². The lowest BCUT2D eigenvalue weighted by atomic mass is 9.81. The lowest BCUT2D eigenvalue weighted by Gasteiger charge is -2.39. The Balaban J connectivity index is 1.56. The third-order valence-electron chi connectivity index (χ3n) is 6.23. The number of hydrogen-bond acceptors (Lipinski definition) is 5. The van der Waals surface area contributed by atoms with Crippen LogP contribution in [0.15, 0.2) is 59.8 Å². The first kappa shape index (κ1) is 23.3. The molecule has 0 unspecified atom stereocenters. The number of nitriles is 1. The smallest absolute Gasteiger partial charge is 0.234 e.